The highest BCUT2D eigenvalue weighted by atomic mass is 35.5. The van der Waals surface area contributed by atoms with E-state index in [-0.39, 0.29) is 33.5 Å². The Morgan fingerprint density at radius 3 is 2.22 bits per heavy atom. The van der Waals surface area contributed by atoms with Gasteiger partial charge in [0.1, 0.15) is 17.5 Å². The molecule has 5 aromatic carbocycles. The maximum Gasteiger partial charge on any atom is 0.326 e. The number of benzene rings is 5. The highest BCUT2D eigenvalue weighted by Gasteiger charge is 2.25. The Morgan fingerprint density at radius 2 is 1.54 bits per heavy atom. The number of ether oxygens (including phenoxy) is 1. The van der Waals surface area contributed by atoms with Crippen molar-refractivity contribution in [3.8, 4) is 34.1 Å². The molecule has 6 aromatic rings. The average molecular weight is 709 g/mol. The molecule has 50 heavy (non-hydrogen) atoms. The molecular weight excluding hydrogens is 680 g/mol. The van der Waals surface area contributed by atoms with E-state index in [2.05, 4.69) is 20.2 Å². The van der Waals surface area contributed by atoms with Crippen molar-refractivity contribution < 1.29 is 32.3 Å². The lowest BCUT2D eigenvalue weighted by atomic mass is 9.99. The van der Waals surface area contributed by atoms with Crippen molar-refractivity contribution in [3.63, 3.8) is 0 Å². The Kier molecular flexibility index (Phi) is 9.93. The number of amides is 1. The molecule has 1 atom stereocenters. The standard InChI is InChI=1S/C37H29ClN4O7S/c1-23-40-41-36(48-23)26-15-18-29(19-16-26)50(46,47)42-32-20-17-27(38)22-31(32)35(43)39-33(37(44)45)21-24-11-13-25(14-12-24)30-9-5-6-10-34(30)49-28-7-3-2-4-8-28/h2-20,22,33,42H,21H2,1H3,(H,39,43)(H,44,45). The van der Waals surface area contributed by atoms with Gasteiger partial charge in [0, 0.05) is 29.5 Å². The first-order chi connectivity index (χ1) is 24.1. The molecule has 3 N–H and O–H groups in total. The van der Waals surface area contributed by atoms with Crippen molar-refractivity contribution in [1.29, 1.82) is 0 Å². The number of sulfonamides is 1. The summed E-state index contributed by atoms with van der Waals surface area (Å²) in [4.78, 5) is 25.7. The minimum absolute atomic E-state index is 0.0446. The number of nitrogens with one attached hydrogen (secondary N) is 2. The average Bonchev–Trinajstić information content (AvgIpc) is 3.56. The van der Waals surface area contributed by atoms with Crippen LogP contribution in [-0.4, -0.2) is 41.6 Å². The van der Waals surface area contributed by atoms with Crippen LogP contribution in [0.3, 0.4) is 0 Å². The third-order valence-corrected chi connectivity index (χ3v) is 9.19. The van der Waals surface area contributed by atoms with Gasteiger partial charge < -0.3 is 19.6 Å². The monoisotopic (exact) mass is 708 g/mol. The van der Waals surface area contributed by atoms with Crippen LogP contribution >= 0.6 is 11.6 Å². The maximum atomic E-state index is 13.5. The molecule has 0 spiro atoms. The number of nitrogens with zero attached hydrogens (tertiary/aromatic N) is 2. The number of anilines is 1. The molecule has 6 rings (SSSR count). The number of aryl methyl sites for hydroxylation is 1. The summed E-state index contributed by atoms with van der Waals surface area (Å²) in [5.74, 6) is -0.155. The molecule has 0 bridgehead atoms. The summed E-state index contributed by atoms with van der Waals surface area (Å²) in [5.41, 5.74) is 2.62. The van der Waals surface area contributed by atoms with Crippen LogP contribution in [0, 0.1) is 6.92 Å². The summed E-state index contributed by atoms with van der Waals surface area (Å²) in [6, 6.07) is 32.6. The fraction of sp³-hybridized carbons (Fsp3) is 0.0811. The molecule has 0 fully saturated rings. The van der Waals surface area contributed by atoms with E-state index in [0.29, 0.717) is 28.5 Å². The Morgan fingerprint density at radius 1 is 0.860 bits per heavy atom. The zero-order chi connectivity index (χ0) is 35.3. The third-order valence-electron chi connectivity index (χ3n) is 7.57. The third kappa shape index (κ3) is 8.00. The number of hydrogen-bond donors (Lipinski definition) is 3. The molecule has 0 radical (unpaired) electrons. The number of carboxylic acid groups (broad SMARTS) is 1. The quantitative estimate of drug-likeness (QED) is 0.118. The van der Waals surface area contributed by atoms with Crippen LogP contribution in [0.2, 0.25) is 5.02 Å². The maximum absolute atomic E-state index is 13.5. The molecule has 1 unspecified atom stereocenters. The van der Waals surface area contributed by atoms with Gasteiger partial charge in [-0.05, 0) is 71.8 Å². The first-order valence-electron chi connectivity index (χ1n) is 15.2. The van der Waals surface area contributed by atoms with Gasteiger partial charge >= 0.3 is 5.97 Å². The molecule has 252 valence electrons. The van der Waals surface area contributed by atoms with Gasteiger partial charge in [-0.1, -0.05) is 72.3 Å². The van der Waals surface area contributed by atoms with E-state index in [0.717, 1.165) is 11.1 Å². The lowest BCUT2D eigenvalue weighted by Crippen LogP contribution is -2.42. The summed E-state index contributed by atoms with van der Waals surface area (Å²) in [6.07, 6.45) is -0.0446. The van der Waals surface area contributed by atoms with E-state index in [1.54, 1.807) is 19.1 Å². The molecule has 0 aliphatic carbocycles. The van der Waals surface area contributed by atoms with Crippen LogP contribution in [0.1, 0.15) is 21.8 Å². The van der Waals surface area contributed by atoms with Crippen LogP contribution in [0.25, 0.3) is 22.6 Å². The molecule has 1 amide bonds. The van der Waals surface area contributed by atoms with Gasteiger partial charge in [-0.2, -0.15) is 0 Å². The highest BCUT2D eigenvalue weighted by molar-refractivity contribution is 7.92. The number of carbonyl (C=O) groups is 2. The minimum atomic E-state index is -4.18. The topological polar surface area (TPSA) is 161 Å². The molecule has 0 aliphatic rings. The van der Waals surface area contributed by atoms with Gasteiger partial charge in [0.25, 0.3) is 15.9 Å². The van der Waals surface area contributed by atoms with E-state index in [9.17, 15) is 23.1 Å². The van der Waals surface area contributed by atoms with Crippen molar-refractivity contribution in [3.05, 3.63) is 143 Å². The molecule has 0 aliphatic heterocycles. The molecule has 11 nitrogen and oxygen atoms in total. The van der Waals surface area contributed by atoms with Crippen molar-refractivity contribution in [2.45, 2.75) is 24.3 Å². The number of para-hydroxylation sites is 2. The fourth-order valence-corrected chi connectivity index (χ4v) is 6.34. The smallest absolute Gasteiger partial charge is 0.326 e. The summed E-state index contributed by atoms with van der Waals surface area (Å²) in [5, 5.41) is 20.4. The van der Waals surface area contributed by atoms with E-state index in [4.69, 9.17) is 20.8 Å². The van der Waals surface area contributed by atoms with Gasteiger partial charge in [-0.15, -0.1) is 10.2 Å². The second-order valence-corrected chi connectivity index (χ2v) is 13.2. The number of rotatable bonds is 12. The Labute approximate surface area is 292 Å². The summed E-state index contributed by atoms with van der Waals surface area (Å²) >= 11 is 6.17. The van der Waals surface area contributed by atoms with E-state index in [1.165, 1.54) is 42.5 Å². The summed E-state index contributed by atoms with van der Waals surface area (Å²) in [7, 11) is -4.18. The Balaban J connectivity index is 1.17. The number of aliphatic carboxylic acids is 1. The predicted molar refractivity (Wildman–Crippen MR) is 188 cm³/mol. The molecule has 0 saturated heterocycles. The van der Waals surface area contributed by atoms with Crippen LogP contribution in [0.15, 0.2) is 131 Å². The summed E-state index contributed by atoms with van der Waals surface area (Å²) in [6.45, 7) is 1.64. The van der Waals surface area contributed by atoms with Crippen LogP contribution in [-0.2, 0) is 21.2 Å². The Bertz CT molecular complexity index is 2260. The number of halogens is 1. The van der Waals surface area contributed by atoms with E-state index >= 15 is 0 Å². The zero-order valence-electron chi connectivity index (χ0n) is 26.4. The van der Waals surface area contributed by atoms with Crippen molar-refractivity contribution in [2.75, 3.05) is 4.72 Å². The molecule has 1 aromatic heterocycles. The Hall–Kier alpha value is -5.98. The molecular formula is C37H29ClN4O7S. The van der Waals surface area contributed by atoms with Gasteiger partial charge in [0.15, 0.2) is 0 Å². The largest absolute Gasteiger partial charge is 0.480 e. The zero-order valence-corrected chi connectivity index (χ0v) is 28.0. The van der Waals surface area contributed by atoms with E-state index in [1.807, 2.05) is 66.7 Å². The van der Waals surface area contributed by atoms with Crippen molar-refractivity contribution in [2.24, 2.45) is 0 Å². The minimum Gasteiger partial charge on any atom is -0.480 e. The molecule has 0 saturated carbocycles. The predicted octanol–water partition coefficient (Wildman–Crippen LogP) is 7.38. The van der Waals surface area contributed by atoms with Gasteiger partial charge in [-0.3, -0.25) is 9.52 Å². The normalized spacial score (nSPS) is 11.8. The second-order valence-electron chi connectivity index (χ2n) is 11.1. The van der Waals surface area contributed by atoms with Gasteiger partial charge in [0.05, 0.1) is 16.1 Å². The number of aromatic nitrogens is 2. The summed E-state index contributed by atoms with van der Waals surface area (Å²) < 4.78 is 40.5. The van der Waals surface area contributed by atoms with Crippen molar-refractivity contribution >= 4 is 39.2 Å². The second kappa shape index (κ2) is 14.6. The van der Waals surface area contributed by atoms with E-state index < -0.39 is 27.9 Å². The number of carboxylic acids is 1. The van der Waals surface area contributed by atoms with Gasteiger partial charge in [0.2, 0.25) is 11.8 Å². The number of carbonyl (C=O) groups excluding carboxylic acids is 1. The molecule has 13 heteroatoms. The lowest BCUT2D eigenvalue weighted by molar-refractivity contribution is -0.139. The van der Waals surface area contributed by atoms with Crippen LogP contribution < -0.4 is 14.8 Å². The fourth-order valence-electron chi connectivity index (χ4n) is 5.09. The first-order valence-corrected chi connectivity index (χ1v) is 17.1. The lowest BCUT2D eigenvalue weighted by Gasteiger charge is -2.18. The number of hydrogen-bond acceptors (Lipinski definition) is 8. The van der Waals surface area contributed by atoms with Crippen LogP contribution in [0.4, 0.5) is 5.69 Å². The van der Waals surface area contributed by atoms with Gasteiger partial charge in [-0.25, -0.2) is 13.2 Å². The van der Waals surface area contributed by atoms with Crippen molar-refractivity contribution in [1.82, 2.24) is 15.5 Å². The highest BCUT2D eigenvalue weighted by Crippen LogP contribution is 2.33. The van der Waals surface area contributed by atoms with Crippen LogP contribution in [0.5, 0.6) is 11.5 Å². The SMILES string of the molecule is Cc1nnc(-c2ccc(S(=O)(=O)Nc3ccc(Cl)cc3C(=O)NC(Cc3ccc(-c4ccccc4Oc4ccccc4)cc3)C(=O)O)cc2)o1. The first kappa shape index (κ1) is 33.9. The molecule has 1 heterocycles.